The van der Waals surface area contributed by atoms with E-state index in [1.54, 1.807) is 11.3 Å². The summed E-state index contributed by atoms with van der Waals surface area (Å²) in [4.78, 5) is 27.1. The Balaban J connectivity index is 1.68. The van der Waals surface area contributed by atoms with Gasteiger partial charge < -0.3 is 15.5 Å². The first kappa shape index (κ1) is 20.4. The predicted molar refractivity (Wildman–Crippen MR) is 106 cm³/mol. The Morgan fingerprint density at radius 2 is 1.85 bits per heavy atom. The summed E-state index contributed by atoms with van der Waals surface area (Å²) in [6.45, 7) is 0.523. The molecule has 0 aliphatic heterocycles. The molecule has 0 spiro atoms. The Hall–Kier alpha value is -1.90. The van der Waals surface area contributed by atoms with Crippen LogP contribution in [0.2, 0.25) is 0 Å². The third-order valence-corrected chi connectivity index (χ3v) is 5.49. The minimum absolute atomic E-state index is 0.104. The van der Waals surface area contributed by atoms with Gasteiger partial charge >= 0.3 is 0 Å². The van der Waals surface area contributed by atoms with Crippen LogP contribution in [0.1, 0.15) is 10.9 Å². The highest BCUT2D eigenvalue weighted by Gasteiger charge is 2.16. The van der Waals surface area contributed by atoms with E-state index in [2.05, 4.69) is 21.6 Å². The van der Waals surface area contributed by atoms with Crippen LogP contribution in [0.4, 0.5) is 10.1 Å². The number of nitrogens with one attached hydrogen (secondary N) is 2. The van der Waals surface area contributed by atoms with E-state index in [9.17, 15) is 14.0 Å². The molecule has 1 atom stereocenters. The lowest BCUT2D eigenvalue weighted by molar-refractivity contribution is -0.118. The van der Waals surface area contributed by atoms with Crippen LogP contribution in [0.3, 0.4) is 0 Å². The molecular weight excluding hydrogens is 373 g/mol. The number of anilines is 1. The van der Waals surface area contributed by atoms with E-state index in [0.717, 1.165) is 0 Å². The van der Waals surface area contributed by atoms with Gasteiger partial charge in [-0.3, -0.25) is 9.59 Å². The number of carbonyl (C=O) groups excluding carboxylic acids is 2. The summed E-state index contributed by atoms with van der Waals surface area (Å²) in [5.41, 5.74) is 0.534. The average molecular weight is 396 g/mol. The van der Waals surface area contributed by atoms with Crippen molar-refractivity contribution >= 4 is 40.6 Å². The first-order chi connectivity index (χ1) is 12.5. The zero-order valence-electron chi connectivity index (χ0n) is 14.7. The summed E-state index contributed by atoms with van der Waals surface area (Å²) in [6.07, 6.45) is 0. The van der Waals surface area contributed by atoms with Gasteiger partial charge in [-0.25, -0.2) is 4.39 Å². The van der Waals surface area contributed by atoms with Crippen molar-refractivity contribution in [3.8, 4) is 0 Å². The molecule has 1 unspecified atom stereocenters. The van der Waals surface area contributed by atoms with Gasteiger partial charge in [-0.2, -0.15) is 0 Å². The number of benzene rings is 1. The van der Waals surface area contributed by atoms with Gasteiger partial charge in [0.1, 0.15) is 5.82 Å². The number of likely N-dealkylation sites (N-methyl/N-ethyl adjacent to an activating group) is 1. The molecule has 0 aliphatic carbocycles. The maximum absolute atomic E-state index is 12.8. The van der Waals surface area contributed by atoms with Crippen molar-refractivity contribution in [3.05, 3.63) is 52.5 Å². The van der Waals surface area contributed by atoms with Crippen molar-refractivity contribution in [3.63, 3.8) is 0 Å². The van der Waals surface area contributed by atoms with Crippen molar-refractivity contribution in [1.82, 2.24) is 10.2 Å². The molecule has 2 rings (SSSR count). The number of thioether (sulfide) groups is 1. The van der Waals surface area contributed by atoms with E-state index < -0.39 is 0 Å². The lowest BCUT2D eigenvalue weighted by atomic mass is 10.2. The topological polar surface area (TPSA) is 61.4 Å². The number of hydrogen-bond donors (Lipinski definition) is 2. The number of nitrogens with zero attached hydrogens (tertiary/aromatic N) is 1. The summed E-state index contributed by atoms with van der Waals surface area (Å²) in [5, 5.41) is 7.59. The standard InChI is InChI=1S/C18H22FN3O2S2/c1-22(2)15(16-4-3-9-26-16)10-20-17(23)11-25-12-18(24)21-14-7-5-13(19)6-8-14/h3-9,15H,10-12H2,1-2H3,(H,20,23)(H,21,24). The van der Waals surface area contributed by atoms with Crippen LogP contribution in [-0.4, -0.2) is 48.9 Å². The fourth-order valence-electron chi connectivity index (χ4n) is 2.25. The molecule has 2 N–H and O–H groups in total. The molecule has 1 aromatic heterocycles. The van der Waals surface area contributed by atoms with Gasteiger partial charge in [0.2, 0.25) is 11.8 Å². The summed E-state index contributed by atoms with van der Waals surface area (Å²) < 4.78 is 12.8. The number of rotatable bonds is 9. The van der Waals surface area contributed by atoms with E-state index >= 15 is 0 Å². The van der Waals surface area contributed by atoms with Crippen molar-refractivity contribution in [2.75, 3.05) is 37.5 Å². The van der Waals surface area contributed by atoms with E-state index in [4.69, 9.17) is 0 Å². The Bertz CT molecular complexity index is 706. The summed E-state index contributed by atoms with van der Waals surface area (Å²) >= 11 is 2.90. The molecule has 0 saturated heterocycles. The van der Waals surface area contributed by atoms with Crippen molar-refractivity contribution in [2.24, 2.45) is 0 Å². The van der Waals surface area contributed by atoms with Gasteiger partial charge in [0.05, 0.1) is 17.5 Å². The molecular formula is C18H22FN3O2S2. The van der Waals surface area contributed by atoms with E-state index in [1.165, 1.54) is 40.9 Å². The lowest BCUT2D eigenvalue weighted by Gasteiger charge is -2.23. The zero-order valence-corrected chi connectivity index (χ0v) is 16.3. The second kappa shape index (κ2) is 10.3. The second-order valence-electron chi connectivity index (χ2n) is 5.85. The zero-order chi connectivity index (χ0) is 18.9. The molecule has 8 heteroatoms. The molecule has 1 heterocycles. The maximum Gasteiger partial charge on any atom is 0.234 e. The fraction of sp³-hybridized carbons (Fsp3) is 0.333. The molecule has 0 fully saturated rings. The minimum atomic E-state index is -0.354. The molecule has 0 aliphatic rings. The highest BCUT2D eigenvalue weighted by molar-refractivity contribution is 8.00. The first-order valence-electron chi connectivity index (χ1n) is 8.05. The predicted octanol–water partition coefficient (Wildman–Crippen LogP) is 2.98. The average Bonchev–Trinajstić information content (AvgIpc) is 3.11. The van der Waals surface area contributed by atoms with Crippen LogP contribution in [-0.2, 0) is 9.59 Å². The third kappa shape index (κ3) is 6.78. The van der Waals surface area contributed by atoms with Crippen LogP contribution < -0.4 is 10.6 Å². The quantitative estimate of drug-likeness (QED) is 0.685. The van der Waals surface area contributed by atoms with Gasteiger partial charge in [-0.15, -0.1) is 23.1 Å². The fourth-order valence-corrected chi connectivity index (χ4v) is 3.82. The molecule has 1 aromatic carbocycles. The van der Waals surface area contributed by atoms with Crippen LogP contribution in [0.5, 0.6) is 0 Å². The molecule has 2 amide bonds. The van der Waals surface area contributed by atoms with Gasteiger partial charge in [0.15, 0.2) is 0 Å². The Morgan fingerprint density at radius 1 is 1.15 bits per heavy atom. The summed E-state index contributed by atoms with van der Waals surface area (Å²) in [7, 11) is 3.95. The van der Waals surface area contributed by atoms with Gasteiger partial charge in [-0.1, -0.05) is 6.07 Å². The Labute approximate surface area is 161 Å². The minimum Gasteiger partial charge on any atom is -0.353 e. The summed E-state index contributed by atoms with van der Waals surface area (Å²) in [5.74, 6) is -0.311. The molecule has 2 aromatic rings. The first-order valence-corrected chi connectivity index (χ1v) is 10.1. The Morgan fingerprint density at radius 3 is 2.46 bits per heavy atom. The molecule has 0 bridgehead atoms. The van der Waals surface area contributed by atoms with Crippen molar-refractivity contribution in [1.29, 1.82) is 0 Å². The molecule has 0 radical (unpaired) electrons. The van der Waals surface area contributed by atoms with Crippen LogP contribution >= 0.6 is 23.1 Å². The van der Waals surface area contributed by atoms with Gasteiger partial charge in [0.25, 0.3) is 0 Å². The molecule has 5 nitrogen and oxygen atoms in total. The third-order valence-electron chi connectivity index (χ3n) is 3.58. The molecule has 140 valence electrons. The monoisotopic (exact) mass is 395 g/mol. The highest BCUT2D eigenvalue weighted by Crippen LogP contribution is 2.22. The molecule has 0 saturated carbocycles. The van der Waals surface area contributed by atoms with Crippen molar-refractivity contribution < 1.29 is 14.0 Å². The van der Waals surface area contributed by atoms with Crippen LogP contribution in [0.15, 0.2) is 41.8 Å². The number of thiophene rings is 1. The largest absolute Gasteiger partial charge is 0.353 e. The number of amides is 2. The molecule has 26 heavy (non-hydrogen) atoms. The smallest absolute Gasteiger partial charge is 0.234 e. The van der Waals surface area contributed by atoms with Gasteiger partial charge in [-0.05, 0) is 49.8 Å². The summed E-state index contributed by atoms with van der Waals surface area (Å²) in [6, 6.07) is 9.73. The SMILES string of the molecule is CN(C)C(CNC(=O)CSCC(=O)Nc1ccc(F)cc1)c1cccs1. The maximum atomic E-state index is 12.8. The highest BCUT2D eigenvalue weighted by atomic mass is 32.2. The van der Waals surface area contributed by atoms with E-state index in [0.29, 0.717) is 12.2 Å². The Kier molecular flexibility index (Phi) is 8.08. The van der Waals surface area contributed by atoms with Crippen molar-refractivity contribution in [2.45, 2.75) is 6.04 Å². The second-order valence-corrected chi connectivity index (χ2v) is 7.81. The van der Waals surface area contributed by atoms with E-state index in [1.807, 2.05) is 25.5 Å². The number of hydrogen-bond acceptors (Lipinski definition) is 5. The lowest BCUT2D eigenvalue weighted by Crippen LogP contribution is -2.35. The number of halogens is 1. The van der Waals surface area contributed by atoms with E-state index in [-0.39, 0.29) is 35.2 Å². The van der Waals surface area contributed by atoms with Crippen LogP contribution in [0, 0.1) is 5.82 Å². The normalized spacial score (nSPS) is 12.0. The van der Waals surface area contributed by atoms with Gasteiger partial charge in [0, 0.05) is 17.1 Å². The number of carbonyl (C=O) groups is 2. The van der Waals surface area contributed by atoms with Crippen LogP contribution in [0.25, 0.3) is 0 Å².